The van der Waals surface area contributed by atoms with E-state index in [9.17, 15) is 0 Å². The predicted molar refractivity (Wildman–Crippen MR) is 71.9 cm³/mol. The van der Waals surface area contributed by atoms with Gasteiger partial charge < -0.3 is 4.74 Å². The monoisotopic (exact) mass is 302 g/mol. The zero-order valence-electron chi connectivity index (χ0n) is 10.0. The minimum atomic E-state index is -0.117. The Bertz CT molecular complexity index is 440. The Kier molecular flexibility index (Phi) is 3.00. The minimum Gasteiger partial charge on any atom is -0.487 e. The highest BCUT2D eigenvalue weighted by molar-refractivity contribution is 9.09. The Morgan fingerprint density at radius 2 is 2.06 bits per heavy atom. The Labute approximate surface area is 110 Å². The number of ether oxygens (including phenoxy) is 1. The fourth-order valence-electron chi connectivity index (χ4n) is 2.28. The van der Waals surface area contributed by atoms with E-state index >= 15 is 0 Å². The molecule has 1 heterocycles. The standard InChI is InChI=1S/C13H16BrClO/c1-7-5-10-11(8(2)12(7)15)9(14)6-13(3,4)16-10/h5,9H,6H2,1-4H3. The van der Waals surface area contributed by atoms with Crippen molar-refractivity contribution in [1.82, 2.24) is 0 Å². The molecule has 1 unspecified atom stereocenters. The van der Waals surface area contributed by atoms with Crippen LogP contribution in [0.15, 0.2) is 6.07 Å². The van der Waals surface area contributed by atoms with Crippen LogP contribution in [0.4, 0.5) is 0 Å². The van der Waals surface area contributed by atoms with Gasteiger partial charge in [-0.15, -0.1) is 0 Å². The molecule has 1 aromatic carbocycles. The zero-order chi connectivity index (χ0) is 12.1. The second-order valence-electron chi connectivity index (χ2n) is 5.08. The maximum atomic E-state index is 6.27. The van der Waals surface area contributed by atoms with Crippen LogP contribution in [-0.2, 0) is 0 Å². The van der Waals surface area contributed by atoms with Crippen LogP contribution >= 0.6 is 27.5 Å². The van der Waals surface area contributed by atoms with Gasteiger partial charge in [-0.1, -0.05) is 27.5 Å². The zero-order valence-corrected chi connectivity index (χ0v) is 12.4. The Hall–Kier alpha value is -0.210. The summed E-state index contributed by atoms with van der Waals surface area (Å²) in [6.07, 6.45) is 0.959. The highest BCUT2D eigenvalue weighted by Gasteiger charge is 2.34. The third kappa shape index (κ3) is 1.98. The van der Waals surface area contributed by atoms with Crippen molar-refractivity contribution in [2.75, 3.05) is 0 Å². The van der Waals surface area contributed by atoms with Gasteiger partial charge in [0.1, 0.15) is 11.4 Å². The fourth-order valence-corrected chi connectivity index (χ4v) is 3.79. The largest absolute Gasteiger partial charge is 0.487 e. The van der Waals surface area contributed by atoms with Gasteiger partial charge in [-0.3, -0.25) is 0 Å². The van der Waals surface area contributed by atoms with Crippen molar-refractivity contribution >= 4 is 27.5 Å². The van der Waals surface area contributed by atoms with Crippen LogP contribution in [0, 0.1) is 13.8 Å². The first-order chi connectivity index (χ1) is 7.32. The molecule has 0 aliphatic carbocycles. The van der Waals surface area contributed by atoms with E-state index in [1.807, 2.05) is 13.0 Å². The smallest absolute Gasteiger partial charge is 0.125 e. The van der Waals surface area contributed by atoms with Gasteiger partial charge in [0.15, 0.2) is 0 Å². The Morgan fingerprint density at radius 1 is 1.44 bits per heavy atom. The molecule has 3 heteroatoms. The summed E-state index contributed by atoms with van der Waals surface area (Å²) in [6.45, 7) is 8.31. The van der Waals surface area contributed by atoms with Crippen molar-refractivity contribution in [3.05, 3.63) is 27.8 Å². The van der Waals surface area contributed by atoms with Gasteiger partial charge in [0.25, 0.3) is 0 Å². The summed E-state index contributed by atoms with van der Waals surface area (Å²) in [7, 11) is 0. The summed E-state index contributed by atoms with van der Waals surface area (Å²) in [4.78, 5) is 0.323. The van der Waals surface area contributed by atoms with Gasteiger partial charge in [-0.25, -0.2) is 0 Å². The number of rotatable bonds is 0. The van der Waals surface area contributed by atoms with Crippen molar-refractivity contribution in [3.63, 3.8) is 0 Å². The molecule has 0 amide bonds. The normalized spacial score (nSPS) is 22.5. The van der Waals surface area contributed by atoms with Gasteiger partial charge in [0.2, 0.25) is 0 Å². The molecule has 2 rings (SSSR count). The SMILES string of the molecule is Cc1cc2c(c(C)c1Cl)C(Br)CC(C)(C)O2. The molecule has 0 saturated carbocycles. The molecule has 88 valence electrons. The Balaban J connectivity index is 2.61. The van der Waals surface area contributed by atoms with Crippen molar-refractivity contribution in [3.8, 4) is 5.75 Å². The van der Waals surface area contributed by atoms with Crippen LogP contribution in [0.25, 0.3) is 0 Å². The molecule has 0 bridgehead atoms. The summed E-state index contributed by atoms with van der Waals surface area (Å²) in [5.41, 5.74) is 3.30. The molecular formula is C13H16BrClO. The van der Waals surface area contributed by atoms with E-state index in [1.165, 1.54) is 5.56 Å². The molecular weight excluding hydrogens is 287 g/mol. The summed E-state index contributed by atoms with van der Waals surface area (Å²) < 4.78 is 6.02. The highest BCUT2D eigenvalue weighted by atomic mass is 79.9. The van der Waals surface area contributed by atoms with Crippen molar-refractivity contribution < 1.29 is 4.74 Å². The number of halogens is 2. The lowest BCUT2D eigenvalue weighted by atomic mass is 9.91. The maximum Gasteiger partial charge on any atom is 0.125 e. The number of hydrogen-bond donors (Lipinski definition) is 0. The maximum absolute atomic E-state index is 6.27. The number of hydrogen-bond acceptors (Lipinski definition) is 1. The van der Waals surface area contributed by atoms with Crippen LogP contribution in [0.2, 0.25) is 5.02 Å². The molecule has 0 fully saturated rings. The Morgan fingerprint density at radius 3 is 2.69 bits per heavy atom. The third-order valence-corrected chi connectivity index (χ3v) is 4.43. The second-order valence-corrected chi connectivity index (χ2v) is 6.56. The molecule has 0 radical (unpaired) electrons. The first kappa shape index (κ1) is 12.3. The van der Waals surface area contributed by atoms with Crippen LogP contribution in [-0.4, -0.2) is 5.60 Å². The predicted octanol–water partition coefficient (Wildman–Crippen LogP) is 4.95. The molecule has 0 saturated heterocycles. The highest BCUT2D eigenvalue weighted by Crippen LogP contribution is 2.47. The first-order valence-corrected chi connectivity index (χ1v) is 6.74. The summed E-state index contributed by atoms with van der Waals surface area (Å²) in [6, 6.07) is 2.04. The van der Waals surface area contributed by atoms with E-state index < -0.39 is 0 Å². The van der Waals surface area contributed by atoms with Crippen LogP contribution in [0.3, 0.4) is 0 Å². The lowest BCUT2D eigenvalue weighted by Gasteiger charge is -2.36. The molecule has 0 aromatic heterocycles. The number of benzene rings is 1. The lowest BCUT2D eigenvalue weighted by molar-refractivity contribution is 0.0839. The quantitative estimate of drug-likeness (QED) is 0.616. The average molecular weight is 304 g/mol. The number of aryl methyl sites for hydroxylation is 1. The first-order valence-electron chi connectivity index (χ1n) is 5.44. The van der Waals surface area contributed by atoms with E-state index in [0.29, 0.717) is 4.83 Å². The lowest BCUT2D eigenvalue weighted by Crippen LogP contribution is -2.33. The molecule has 1 aliphatic heterocycles. The van der Waals surface area contributed by atoms with Gasteiger partial charge in [0, 0.05) is 21.8 Å². The molecule has 1 nitrogen and oxygen atoms in total. The fraction of sp³-hybridized carbons (Fsp3) is 0.538. The van der Waals surface area contributed by atoms with Gasteiger partial charge in [-0.2, -0.15) is 0 Å². The van der Waals surface area contributed by atoms with Crippen molar-refractivity contribution in [1.29, 1.82) is 0 Å². The summed E-state index contributed by atoms with van der Waals surface area (Å²) >= 11 is 10.0. The topological polar surface area (TPSA) is 9.23 Å². The third-order valence-electron chi connectivity index (χ3n) is 3.06. The molecule has 0 spiro atoms. The van der Waals surface area contributed by atoms with Gasteiger partial charge >= 0.3 is 0 Å². The van der Waals surface area contributed by atoms with Crippen molar-refractivity contribution in [2.45, 2.75) is 44.5 Å². The van der Waals surface area contributed by atoms with E-state index in [0.717, 1.165) is 28.3 Å². The second kappa shape index (κ2) is 3.92. The molecule has 16 heavy (non-hydrogen) atoms. The van der Waals surface area contributed by atoms with E-state index in [-0.39, 0.29) is 5.60 Å². The number of fused-ring (bicyclic) bond motifs is 1. The van der Waals surface area contributed by atoms with E-state index in [4.69, 9.17) is 16.3 Å². The molecule has 1 atom stereocenters. The van der Waals surface area contributed by atoms with Crippen molar-refractivity contribution in [2.24, 2.45) is 0 Å². The van der Waals surface area contributed by atoms with Crippen LogP contribution in [0.5, 0.6) is 5.75 Å². The summed E-state index contributed by atoms with van der Waals surface area (Å²) in [5, 5.41) is 0.853. The van der Waals surface area contributed by atoms with E-state index in [1.54, 1.807) is 0 Å². The molecule has 0 N–H and O–H groups in total. The van der Waals surface area contributed by atoms with Gasteiger partial charge in [0.05, 0.1) is 0 Å². The molecule has 1 aromatic rings. The average Bonchev–Trinajstić information content (AvgIpc) is 2.11. The van der Waals surface area contributed by atoms with Gasteiger partial charge in [-0.05, 0) is 44.9 Å². The minimum absolute atomic E-state index is 0.117. The summed E-state index contributed by atoms with van der Waals surface area (Å²) in [5.74, 6) is 0.970. The number of alkyl halides is 1. The van der Waals surface area contributed by atoms with Crippen LogP contribution in [0.1, 0.15) is 41.8 Å². The molecule has 1 aliphatic rings. The van der Waals surface area contributed by atoms with E-state index in [2.05, 4.69) is 36.7 Å². The van der Waals surface area contributed by atoms with Crippen LogP contribution < -0.4 is 4.74 Å².